The second-order valence-electron chi connectivity index (χ2n) is 10.0. The highest BCUT2D eigenvalue weighted by Gasteiger charge is 2.32. The molecule has 8 nitrogen and oxygen atoms in total. The third kappa shape index (κ3) is 7.19. The highest BCUT2D eigenvalue weighted by Crippen LogP contribution is 2.31. The molecule has 1 atom stereocenters. The maximum Gasteiger partial charge on any atom is 0.417 e. The lowest BCUT2D eigenvalue weighted by molar-refractivity contribution is -0.137. The van der Waals surface area contributed by atoms with Gasteiger partial charge in [0.25, 0.3) is 5.91 Å². The fourth-order valence-corrected chi connectivity index (χ4v) is 4.72. The number of halogens is 4. The molecule has 1 amide bonds. The Morgan fingerprint density at radius 1 is 1.05 bits per heavy atom. The van der Waals surface area contributed by atoms with Crippen LogP contribution in [0.5, 0.6) is 0 Å². The van der Waals surface area contributed by atoms with Gasteiger partial charge in [-0.2, -0.15) is 13.2 Å². The molecule has 1 aliphatic rings. The molecule has 3 heterocycles. The maximum absolute atomic E-state index is 13.4. The Bertz CT molecular complexity index is 1540. The number of aromatic nitrogens is 3. The molecule has 218 valence electrons. The summed E-state index contributed by atoms with van der Waals surface area (Å²) in [7, 11) is 0. The Labute approximate surface area is 239 Å². The van der Waals surface area contributed by atoms with E-state index < -0.39 is 23.5 Å². The molecule has 2 aromatic carbocycles. The Balaban J connectivity index is 1.29. The number of pyridine rings is 1. The third-order valence-corrected chi connectivity index (χ3v) is 7.04. The van der Waals surface area contributed by atoms with Crippen LogP contribution in [0, 0.1) is 5.82 Å². The van der Waals surface area contributed by atoms with Crippen molar-refractivity contribution in [3.63, 3.8) is 0 Å². The fourth-order valence-electron chi connectivity index (χ4n) is 4.72. The first kappa shape index (κ1) is 28.9. The van der Waals surface area contributed by atoms with Gasteiger partial charge in [-0.25, -0.2) is 19.3 Å². The van der Waals surface area contributed by atoms with Crippen molar-refractivity contribution in [2.45, 2.75) is 44.4 Å². The Morgan fingerprint density at radius 3 is 2.50 bits per heavy atom. The Morgan fingerprint density at radius 2 is 1.81 bits per heavy atom. The highest BCUT2D eigenvalue weighted by atomic mass is 19.4. The minimum atomic E-state index is -4.69. The molecular weight excluding hydrogens is 550 g/mol. The molecule has 5 rings (SSSR count). The number of benzene rings is 2. The van der Waals surface area contributed by atoms with Gasteiger partial charge in [0.1, 0.15) is 17.5 Å². The number of nitrogens with one attached hydrogen (secondary N) is 3. The van der Waals surface area contributed by atoms with Gasteiger partial charge in [-0.1, -0.05) is 24.3 Å². The predicted molar refractivity (Wildman–Crippen MR) is 152 cm³/mol. The lowest BCUT2D eigenvalue weighted by atomic mass is 10.1. The molecule has 2 aromatic heterocycles. The van der Waals surface area contributed by atoms with Crippen molar-refractivity contribution in [1.82, 2.24) is 20.3 Å². The summed E-state index contributed by atoms with van der Waals surface area (Å²) in [6.45, 7) is 1.22. The number of hydrogen-bond donors (Lipinski definition) is 4. The molecule has 1 aliphatic heterocycles. The van der Waals surface area contributed by atoms with Crippen molar-refractivity contribution in [2.24, 2.45) is 0 Å². The van der Waals surface area contributed by atoms with Crippen molar-refractivity contribution < 1.29 is 22.4 Å². The van der Waals surface area contributed by atoms with Crippen LogP contribution < -0.4 is 21.7 Å². The van der Waals surface area contributed by atoms with E-state index in [1.807, 2.05) is 24.3 Å². The largest absolute Gasteiger partial charge is 0.417 e. The van der Waals surface area contributed by atoms with E-state index in [1.165, 1.54) is 18.6 Å². The summed E-state index contributed by atoms with van der Waals surface area (Å²) in [4.78, 5) is 25.8. The summed E-state index contributed by atoms with van der Waals surface area (Å²) in [6.07, 6.45) is 1.58. The average Bonchev–Trinajstić information content (AvgIpc) is 3.50. The second kappa shape index (κ2) is 12.5. The molecule has 12 heteroatoms. The van der Waals surface area contributed by atoms with E-state index in [4.69, 9.17) is 10.7 Å². The van der Waals surface area contributed by atoms with Crippen LogP contribution in [0.3, 0.4) is 0 Å². The number of hydrogen-bond acceptors (Lipinski definition) is 7. The summed E-state index contributed by atoms with van der Waals surface area (Å²) in [5.74, 6) is -0.944. The van der Waals surface area contributed by atoms with E-state index in [1.54, 1.807) is 6.20 Å². The van der Waals surface area contributed by atoms with Crippen LogP contribution in [0.15, 0.2) is 67.0 Å². The number of aryl methyl sites for hydroxylation is 1. The van der Waals surface area contributed by atoms with Crippen molar-refractivity contribution in [3.05, 3.63) is 95.2 Å². The van der Waals surface area contributed by atoms with Gasteiger partial charge >= 0.3 is 6.18 Å². The molecule has 1 saturated heterocycles. The van der Waals surface area contributed by atoms with E-state index in [0.717, 1.165) is 60.8 Å². The molecule has 4 aromatic rings. The number of carbonyl (C=O) groups excluding carboxylic acids is 1. The molecule has 0 bridgehead atoms. The summed E-state index contributed by atoms with van der Waals surface area (Å²) in [5.41, 5.74) is 8.00. The third-order valence-electron chi connectivity index (χ3n) is 7.04. The molecule has 0 radical (unpaired) electrons. The first-order valence-electron chi connectivity index (χ1n) is 13.5. The van der Waals surface area contributed by atoms with Gasteiger partial charge in [-0.3, -0.25) is 4.79 Å². The number of carbonyl (C=O) groups is 1. The molecule has 0 aliphatic carbocycles. The van der Waals surface area contributed by atoms with Crippen LogP contribution in [-0.2, 0) is 19.1 Å². The monoisotopic (exact) mass is 579 g/mol. The fraction of sp³-hybridized carbons (Fsp3) is 0.267. The first-order chi connectivity index (χ1) is 20.2. The smallest absolute Gasteiger partial charge is 0.382 e. The maximum atomic E-state index is 13.4. The predicted octanol–water partition coefficient (Wildman–Crippen LogP) is 5.83. The lowest BCUT2D eigenvalue weighted by Crippen LogP contribution is -2.22. The molecular formula is C30H29F4N7O. The van der Waals surface area contributed by atoms with E-state index >= 15 is 0 Å². The number of nitrogen functional groups attached to an aromatic ring is 1. The van der Waals surface area contributed by atoms with E-state index in [0.29, 0.717) is 23.8 Å². The van der Waals surface area contributed by atoms with E-state index in [2.05, 4.69) is 25.9 Å². The van der Waals surface area contributed by atoms with Crippen molar-refractivity contribution in [1.29, 1.82) is 0 Å². The molecule has 42 heavy (non-hydrogen) atoms. The minimum Gasteiger partial charge on any atom is -0.382 e. The van der Waals surface area contributed by atoms with Gasteiger partial charge in [0.15, 0.2) is 0 Å². The Hall–Kier alpha value is -4.58. The molecule has 5 N–H and O–H groups in total. The normalized spacial score (nSPS) is 15.0. The lowest BCUT2D eigenvalue weighted by Gasteiger charge is -2.15. The van der Waals surface area contributed by atoms with E-state index in [-0.39, 0.29) is 23.6 Å². The second-order valence-corrected chi connectivity index (χ2v) is 10.0. The van der Waals surface area contributed by atoms with Crippen molar-refractivity contribution >= 4 is 23.2 Å². The number of nitrogens with two attached hydrogens (primary N) is 1. The molecule has 1 unspecified atom stereocenters. The number of alkyl halides is 3. The number of anilines is 3. The summed E-state index contributed by atoms with van der Waals surface area (Å²) < 4.78 is 53.3. The highest BCUT2D eigenvalue weighted by molar-refractivity contribution is 6.07. The number of amides is 1. The Kier molecular flexibility index (Phi) is 8.62. The summed E-state index contributed by atoms with van der Waals surface area (Å²) >= 11 is 0. The van der Waals surface area contributed by atoms with Gasteiger partial charge in [0, 0.05) is 30.0 Å². The van der Waals surface area contributed by atoms with Crippen LogP contribution >= 0.6 is 0 Å². The van der Waals surface area contributed by atoms with Gasteiger partial charge in [-0.05, 0) is 68.1 Å². The zero-order valence-electron chi connectivity index (χ0n) is 22.5. The van der Waals surface area contributed by atoms with Crippen LogP contribution in [0.4, 0.5) is 34.9 Å². The average molecular weight is 580 g/mol. The zero-order valence-corrected chi connectivity index (χ0v) is 22.5. The topological polar surface area (TPSA) is 118 Å². The number of rotatable bonds is 9. The molecule has 0 saturated carbocycles. The molecule has 1 fully saturated rings. The van der Waals surface area contributed by atoms with Crippen molar-refractivity contribution in [3.8, 4) is 11.3 Å². The zero-order chi connectivity index (χ0) is 29.7. The quantitative estimate of drug-likeness (QED) is 0.184. The van der Waals surface area contributed by atoms with Gasteiger partial charge in [-0.15, -0.1) is 0 Å². The van der Waals surface area contributed by atoms with E-state index in [9.17, 15) is 22.4 Å². The van der Waals surface area contributed by atoms with Gasteiger partial charge in [0.05, 0.1) is 28.7 Å². The van der Waals surface area contributed by atoms with Gasteiger partial charge in [0.2, 0.25) is 0 Å². The minimum absolute atomic E-state index is 0.0301. The van der Waals surface area contributed by atoms with Crippen LogP contribution in [0.2, 0.25) is 0 Å². The van der Waals surface area contributed by atoms with Crippen LogP contribution in [0.1, 0.15) is 46.4 Å². The van der Waals surface area contributed by atoms with Crippen LogP contribution in [0.25, 0.3) is 11.3 Å². The number of nitrogens with zero attached hydrogens (tertiary/aromatic N) is 3. The first-order valence-corrected chi connectivity index (χ1v) is 13.5. The molecule has 0 spiro atoms. The van der Waals surface area contributed by atoms with Crippen LogP contribution in [-0.4, -0.2) is 33.4 Å². The summed E-state index contributed by atoms with van der Waals surface area (Å²) in [6, 6.07) is 13.5. The van der Waals surface area contributed by atoms with Crippen molar-refractivity contribution in [2.75, 3.05) is 22.9 Å². The van der Waals surface area contributed by atoms with Gasteiger partial charge < -0.3 is 21.7 Å². The SMILES string of the molecule is Nc1ncc(-c2ccc(CNc3ncc(C(F)(F)F)cc3C(=O)Nc3ccc(F)cc3)cc2)nc1CCC1CCCN1. The summed E-state index contributed by atoms with van der Waals surface area (Å²) in [5, 5.41) is 8.91. The standard InChI is InChI=1S/C30H29F4N7O/c31-21-7-9-23(10-8-21)40-29(42)24-14-20(30(32,33)34)16-39-28(24)38-15-18-3-5-19(6-4-18)26-17-37-27(35)25(41-26)12-11-22-2-1-13-36-22/h3-10,14,16-17,22,36H,1-2,11-13,15H2,(H2,35,37)(H,38,39)(H,40,42).